The number of rotatable bonds is 2. The maximum Gasteiger partial charge on any atom is 0.159 e. The van der Waals surface area contributed by atoms with E-state index in [0.29, 0.717) is 11.4 Å². The van der Waals surface area contributed by atoms with Gasteiger partial charge in [-0.3, -0.25) is 9.98 Å². The Bertz CT molecular complexity index is 1010. The number of aromatic nitrogens is 1. The smallest absolute Gasteiger partial charge is 0.159 e. The molecule has 0 bridgehead atoms. The summed E-state index contributed by atoms with van der Waals surface area (Å²) in [7, 11) is 1.83. The van der Waals surface area contributed by atoms with E-state index in [0.717, 1.165) is 28.6 Å². The topological polar surface area (TPSA) is 49.6 Å². The summed E-state index contributed by atoms with van der Waals surface area (Å²) < 4.78 is 27.0. The van der Waals surface area contributed by atoms with Crippen LogP contribution in [-0.2, 0) is 0 Å². The van der Waals surface area contributed by atoms with E-state index in [1.807, 2.05) is 32.2 Å². The molecule has 0 saturated heterocycles. The molecule has 136 valence electrons. The van der Waals surface area contributed by atoms with Crippen LogP contribution in [0.4, 0.5) is 8.78 Å². The molecule has 2 aliphatic rings. The van der Waals surface area contributed by atoms with E-state index >= 15 is 0 Å². The molecule has 1 aromatic heterocycles. The first-order chi connectivity index (χ1) is 13.1. The van der Waals surface area contributed by atoms with Gasteiger partial charge in [0.25, 0.3) is 0 Å². The Kier molecular flexibility index (Phi) is 4.39. The minimum absolute atomic E-state index is 0.0236. The standard InChI is InChI=1S/C21H18F2N4/c1-12-8-16-19(10-15(12)13-5-6-17(22)18(23)9-13)26-20(27-21(16)24-2)14-4-3-7-25-11-14/h3-11,16,19H,1-2H3,(H,24,26,27). The maximum atomic E-state index is 13.7. The Balaban J connectivity index is 1.78. The number of benzene rings is 1. The van der Waals surface area contributed by atoms with Gasteiger partial charge in [-0.25, -0.2) is 13.8 Å². The molecule has 2 aromatic rings. The van der Waals surface area contributed by atoms with Crippen molar-refractivity contribution in [1.82, 2.24) is 10.3 Å². The minimum Gasteiger partial charge on any atom is -0.376 e. The molecule has 0 radical (unpaired) electrons. The average molecular weight is 364 g/mol. The van der Waals surface area contributed by atoms with Crippen LogP contribution in [0.2, 0.25) is 0 Å². The fourth-order valence-electron chi connectivity index (χ4n) is 3.42. The second-order valence-electron chi connectivity index (χ2n) is 6.52. The van der Waals surface area contributed by atoms with Crippen LogP contribution in [-0.4, -0.2) is 29.7 Å². The zero-order valence-corrected chi connectivity index (χ0v) is 14.9. The lowest BCUT2D eigenvalue weighted by Gasteiger charge is -2.30. The van der Waals surface area contributed by atoms with Crippen LogP contribution in [0.3, 0.4) is 0 Å². The van der Waals surface area contributed by atoms with Crippen LogP contribution in [0.25, 0.3) is 5.57 Å². The first-order valence-corrected chi connectivity index (χ1v) is 8.67. The van der Waals surface area contributed by atoms with Gasteiger partial charge in [-0.2, -0.15) is 0 Å². The van der Waals surface area contributed by atoms with E-state index < -0.39 is 11.6 Å². The van der Waals surface area contributed by atoms with Gasteiger partial charge in [0, 0.05) is 25.0 Å². The normalized spacial score (nSPS) is 21.5. The van der Waals surface area contributed by atoms with Crippen LogP contribution in [0.15, 0.2) is 70.4 Å². The molecule has 0 amide bonds. The van der Waals surface area contributed by atoms with Crippen molar-refractivity contribution >= 4 is 17.2 Å². The van der Waals surface area contributed by atoms with Gasteiger partial charge in [0.05, 0.1) is 12.0 Å². The highest BCUT2D eigenvalue weighted by molar-refractivity contribution is 6.09. The predicted molar refractivity (Wildman–Crippen MR) is 103 cm³/mol. The van der Waals surface area contributed by atoms with Gasteiger partial charge < -0.3 is 5.32 Å². The SMILES string of the molecule is CNC1=NC(c2cccnc2)=NC2C=C(c3ccc(F)c(F)c3)C(C)=CC12. The molecule has 2 heterocycles. The molecule has 0 spiro atoms. The number of amidine groups is 2. The summed E-state index contributed by atoms with van der Waals surface area (Å²) in [6.45, 7) is 1.96. The summed E-state index contributed by atoms with van der Waals surface area (Å²) in [4.78, 5) is 13.6. The van der Waals surface area contributed by atoms with Crippen LogP contribution < -0.4 is 5.32 Å². The Labute approximate surface area is 156 Å². The van der Waals surface area contributed by atoms with Crippen LogP contribution in [0.1, 0.15) is 18.1 Å². The fraction of sp³-hybridized carbons (Fsp3) is 0.190. The van der Waals surface area contributed by atoms with Crippen molar-refractivity contribution in [2.24, 2.45) is 15.9 Å². The van der Waals surface area contributed by atoms with Crippen molar-refractivity contribution in [2.45, 2.75) is 13.0 Å². The first kappa shape index (κ1) is 17.3. The maximum absolute atomic E-state index is 13.7. The van der Waals surface area contributed by atoms with Crippen molar-refractivity contribution in [1.29, 1.82) is 0 Å². The number of halogens is 2. The van der Waals surface area contributed by atoms with Crippen molar-refractivity contribution in [2.75, 3.05) is 7.05 Å². The van der Waals surface area contributed by atoms with E-state index in [9.17, 15) is 8.78 Å². The summed E-state index contributed by atoms with van der Waals surface area (Å²) in [5.41, 5.74) is 3.29. The van der Waals surface area contributed by atoms with Gasteiger partial charge in [-0.15, -0.1) is 0 Å². The van der Waals surface area contributed by atoms with Crippen molar-refractivity contribution in [3.05, 3.63) is 83.2 Å². The molecular weight excluding hydrogens is 346 g/mol. The second kappa shape index (κ2) is 6.87. The van der Waals surface area contributed by atoms with Crippen molar-refractivity contribution in [3.63, 3.8) is 0 Å². The first-order valence-electron chi connectivity index (χ1n) is 8.67. The highest BCUT2D eigenvalue weighted by atomic mass is 19.2. The van der Waals surface area contributed by atoms with E-state index in [1.54, 1.807) is 18.5 Å². The monoisotopic (exact) mass is 364 g/mol. The number of nitrogens with zero attached hydrogens (tertiary/aromatic N) is 3. The molecule has 1 aliphatic heterocycles. The largest absolute Gasteiger partial charge is 0.376 e. The number of hydrogen-bond acceptors (Lipinski definition) is 4. The van der Waals surface area contributed by atoms with Crippen LogP contribution in [0.5, 0.6) is 0 Å². The molecule has 27 heavy (non-hydrogen) atoms. The molecular formula is C21H18F2N4. The number of pyridine rings is 1. The van der Waals surface area contributed by atoms with Gasteiger partial charge >= 0.3 is 0 Å². The highest BCUT2D eigenvalue weighted by Gasteiger charge is 2.31. The lowest BCUT2D eigenvalue weighted by atomic mass is 9.83. The van der Waals surface area contributed by atoms with Crippen molar-refractivity contribution in [3.8, 4) is 0 Å². The summed E-state index contributed by atoms with van der Waals surface area (Å²) in [6, 6.07) is 7.52. The molecule has 2 atom stereocenters. The quantitative estimate of drug-likeness (QED) is 0.882. The molecule has 4 nitrogen and oxygen atoms in total. The Morgan fingerprint density at radius 1 is 1.04 bits per heavy atom. The van der Waals surface area contributed by atoms with Gasteiger partial charge in [0.1, 0.15) is 5.84 Å². The average Bonchev–Trinajstić information content (AvgIpc) is 2.69. The molecule has 1 aromatic carbocycles. The molecule has 0 fully saturated rings. The zero-order chi connectivity index (χ0) is 19.0. The third kappa shape index (κ3) is 3.18. The molecule has 6 heteroatoms. The lowest BCUT2D eigenvalue weighted by Crippen LogP contribution is -2.39. The number of hydrogen-bond donors (Lipinski definition) is 1. The Morgan fingerprint density at radius 3 is 2.59 bits per heavy atom. The number of aliphatic imine (C=N–C) groups is 2. The van der Waals surface area contributed by atoms with Crippen LogP contribution >= 0.6 is 0 Å². The number of fused-ring (bicyclic) bond motifs is 1. The summed E-state index contributed by atoms with van der Waals surface area (Å²) in [5, 5.41) is 3.16. The van der Waals surface area contributed by atoms with E-state index in [1.165, 1.54) is 6.07 Å². The number of nitrogens with one attached hydrogen (secondary N) is 1. The minimum atomic E-state index is -0.857. The lowest BCUT2D eigenvalue weighted by molar-refractivity contribution is 0.508. The van der Waals surface area contributed by atoms with Gasteiger partial charge in [-0.05, 0) is 47.9 Å². The Morgan fingerprint density at radius 2 is 1.89 bits per heavy atom. The van der Waals surface area contributed by atoms with Crippen molar-refractivity contribution < 1.29 is 8.78 Å². The second-order valence-corrected chi connectivity index (χ2v) is 6.52. The molecule has 0 saturated carbocycles. The van der Waals surface area contributed by atoms with E-state index in [-0.39, 0.29) is 12.0 Å². The van der Waals surface area contributed by atoms with Gasteiger partial charge in [0.2, 0.25) is 0 Å². The summed E-state index contributed by atoms with van der Waals surface area (Å²) in [6.07, 6.45) is 7.49. The third-order valence-corrected chi connectivity index (χ3v) is 4.78. The summed E-state index contributed by atoms with van der Waals surface area (Å²) >= 11 is 0. The highest BCUT2D eigenvalue weighted by Crippen LogP contribution is 2.34. The van der Waals surface area contributed by atoms with Crippen LogP contribution in [0, 0.1) is 17.6 Å². The fourth-order valence-corrected chi connectivity index (χ4v) is 3.42. The predicted octanol–water partition coefficient (Wildman–Crippen LogP) is 3.77. The molecule has 1 aliphatic carbocycles. The molecule has 1 N–H and O–H groups in total. The van der Waals surface area contributed by atoms with E-state index in [4.69, 9.17) is 4.99 Å². The third-order valence-electron chi connectivity index (χ3n) is 4.78. The zero-order valence-electron chi connectivity index (χ0n) is 14.9. The molecule has 4 rings (SSSR count). The Hall–Kier alpha value is -3.15. The number of allylic oxidation sites excluding steroid dienone is 2. The van der Waals surface area contributed by atoms with Gasteiger partial charge in [-0.1, -0.05) is 18.2 Å². The molecule has 2 unspecified atom stereocenters. The van der Waals surface area contributed by atoms with E-state index in [2.05, 4.69) is 21.4 Å². The van der Waals surface area contributed by atoms with Gasteiger partial charge in [0.15, 0.2) is 17.5 Å². The summed E-state index contributed by atoms with van der Waals surface area (Å²) in [5.74, 6) is -0.321.